The van der Waals surface area contributed by atoms with Crippen LogP contribution < -0.4 is 10.2 Å². The molecule has 30 heavy (non-hydrogen) atoms. The first kappa shape index (κ1) is 19.4. The second-order valence-electron chi connectivity index (χ2n) is 6.95. The standard InChI is InChI=1S/C23H23N5O2/c1-3-12-30-17-10-8-16(9-11-17)21-13-22(27-26-21)23(29)28-24-14-19-15(2)25-20-7-5-4-6-18(19)20/h4-11,13-14,25H,3,12H2,1-2H3,(H,26,27)(H,28,29)/b24-14-. The zero-order valence-corrected chi connectivity index (χ0v) is 16.9. The van der Waals surface area contributed by atoms with Crippen LogP contribution in [0, 0.1) is 6.92 Å². The molecule has 0 bridgehead atoms. The van der Waals surface area contributed by atoms with Gasteiger partial charge in [-0.25, -0.2) is 5.43 Å². The van der Waals surface area contributed by atoms with Crippen molar-refractivity contribution in [3.63, 3.8) is 0 Å². The van der Waals surface area contributed by atoms with Gasteiger partial charge in [0.1, 0.15) is 11.4 Å². The van der Waals surface area contributed by atoms with E-state index in [0.717, 1.165) is 39.9 Å². The molecule has 0 aliphatic carbocycles. The second-order valence-corrected chi connectivity index (χ2v) is 6.95. The Balaban J connectivity index is 1.43. The summed E-state index contributed by atoms with van der Waals surface area (Å²) >= 11 is 0. The van der Waals surface area contributed by atoms with E-state index in [2.05, 4.69) is 32.6 Å². The van der Waals surface area contributed by atoms with Gasteiger partial charge in [-0.05, 0) is 49.7 Å². The Bertz CT molecular complexity index is 1190. The first-order valence-electron chi connectivity index (χ1n) is 9.85. The van der Waals surface area contributed by atoms with Crippen LogP contribution in [0.25, 0.3) is 22.2 Å². The minimum Gasteiger partial charge on any atom is -0.494 e. The molecule has 3 N–H and O–H groups in total. The van der Waals surface area contributed by atoms with Crippen molar-refractivity contribution in [3.05, 3.63) is 71.5 Å². The number of aryl methyl sites for hydroxylation is 1. The predicted molar refractivity (Wildman–Crippen MR) is 118 cm³/mol. The summed E-state index contributed by atoms with van der Waals surface area (Å²) < 4.78 is 5.59. The number of hydrogen-bond acceptors (Lipinski definition) is 4. The molecule has 152 valence electrons. The van der Waals surface area contributed by atoms with Gasteiger partial charge in [-0.2, -0.15) is 10.2 Å². The lowest BCUT2D eigenvalue weighted by atomic mass is 10.1. The Morgan fingerprint density at radius 1 is 1.20 bits per heavy atom. The molecule has 7 heteroatoms. The van der Waals surface area contributed by atoms with Gasteiger partial charge in [0.2, 0.25) is 0 Å². The quantitative estimate of drug-likeness (QED) is 0.316. The number of H-pyrrole nitrogens is 2. The van der Waals surface area contributed by atoms with E-state index in [0.29, 0.717) is 18.0 Å². The lowest BCUT2D eigenvalue weighted by molar-refractivity contribution is 0.0950. The van der Waals surface area contributed by atoms with Gasteiger partial charge in [-0.1, -0.05) is 25.1 Å². The summed E-state index contributed by atoms with van der Waals surface area (Å²) in [6, 6.07) is 17.3. The molecule has 0 spiro atoms. The fraction of sp³-hybridized carbons (Fsp3) is 0.174. The van der Waals surface area contributed by atoms with Crippen molar-refractivity contribution >= 4 is 23.0 Å². The summed E-state index contributed by atoms with van der Waals surface area (Å²) in [5.41, 5.74) is 7.43. The van der Waals surface area contributed by atoms with E-state index in [9.17, 15) is 4.79 Å². The number of benzene rings is 2. The number of carbonyl (C=O) groups is 1. The van der Waals surface area contributed by atoms with E-state index < -0.39 is 0 Å². The van der Waals surface area contributed by atoms with Gasteiger partial charge in [0.15, 0.2) is 0 Å². The van der Waals surface area contributed by atoms with Gasteiger partial charge >= 0.3 is 0 Å². The number of nitrogens with zero attached hydrogens (tertiary/aromatic N) is 2. The molecule has 0 radical (unpaired) electrons. The number of fused-ring (bicyclic) bond motifs is 1. The van der Waals surface area contributed by atoms with Gasteiger partial charge in [-0.3, -0.25) is 9.89 Å². The van der Waals surface area contributed by atoms with Crippen LogP contribution in [0.3, 0.4) is 0 Å². The number of carbonyl (C=O) groups excluding carboxylic acids is 1. The van der Waals surface area contributed by atoms with Gasteiger partial charge in [0, 0.05) is 27.7 Å². The average molecular weight is 401 g/mol. The van der Waals surface area contributed by atoms with Crippen LogP contribution in [0.1, 0.15) is 35.1 Å². The molecule has 4 rings (SSSR count). The number of hydrogen-bond donors (Lipinski definition) is 3. The smallest absolute Gasteiger partial charge is 0.289 e. The lowest BCUT2D eigenvalue weighted by Crippen LogP contribution is -2.18. The highest BCUT2D eigenvalue weighted by Gasteiger charge is 2.11. The molecule has 7 nitrogen and oxygen atoms in total. The summed E-state index contributed by atoms with van der Waals surface area (Å²) in [6.45, 7) is 4.73. The number of rotatable bonds is 7. The number of para-hydroxylation sites is 1. The average Bonchev–Trinajstić information content (AvgIpc) is 3.38. The van der Waals surface area contributed by atoms with Gasteiger partial charge in [-0.15, -0.1) is 0 Å². The monoisotopic (exact) mass is 401 g/mol. The SMILES string of the molecule is CCCOc1ccc(-c2cc(C(=O)N/N=C\c3c(C)[nH]c4ccccc34)[nH]n2)cc1. The molecule has 2 aromatic carbocycles. The van der Waals surface area contributed by atoms with Crippen LogP contribution in [0.15, 0.2) is 59.7 Å². The highest BCUT2D eigenvalue weighted by molar-refractivity contribution is 6.01. The van der Waals surface area contributed by atoms with Crippen molar-refractivity contribution in [2.45, 2.75) is 20.3 Å². The summed E-state index contributed by atoms with van der Waals surface area (Å²) in [4.78, 5) is 15.7. The van der Waals surface area contributed by atoms with Crippen LogP contribution in [0.4, 0.5) is 0 Å². The molecule has 2 aromatic heterocycles. The maximum atomic E-state index is 12.4. The molecule has 0 aliphatic heterocycles. The fourth-order valence-electron chi connectivity index (χ4n) is 3.21. The van der Waals surface area contributed by atoms with Crippen molar-refractivity contribution in [1.82, 2.24) is 20.6 Å². The van der Waals surface area contributed by atoms with Crippen molar-refractivity contribution < 1.29 is 9.53 Å². The minimum atomic E-state index is -0.356. The van der Waals surface area contributed by atoms with Crippen LogP contribution >= 0.6 is 0 Å². The van der Waals surface area contributed by atoms with E-state index in [1.54, 1.807) is 12.3 Å². The molecule has 0 unspecified atom stereocenters. The largest absolute Gasteiger partial charge is 0.494 e. The second kappa shape index (κ2) is 8.65. The fourth-order valence-corrected chi connectivity index (χ4v) is 3.21. The van der Waals surface area contributed by atoms with E-state index in [4.69, 9.17) is 4.74 Å². The molecule has 0 saturated carbocycles. The number of aromatic nitrogens is 3. The Labute approximate surface area is 174 Å². The Kier molecular flexibility index (Phi) is 5.61. The first-order chi connectivity index (χ1) is 14.7. The molecule has 0 fully saturated rings. The maximum absolute atomic E-state index is 12.4. The summed E-state index contributed by atoms with van der Waals surface area (Å²) in [7, 11) is 0. The number of ether oxygens (including phenoxy) is 1. The highest BCUT2D eigenvalue weighted by Crippen LogP contribution is 2.22. The first-order valence-corrected chi connectivity index (χ1v) is 9.85. The Morgan fingerprint density at radius 2 is 2.00 bits per heavy atom. The molecule has 1 amide bonds. The van der Waals surface area contributed by atoms with Gasteiger partial charge < -0.3 is 9.72 Å². The van der Waals surface area contributed by atoms with Crippen molar-refractivity contribution in [1.29, 1.82) is 0 Å². The third kappa shape index (κ3) is 4.10. The number of nitrogens with one attached hydrogen (secondary N) is 3. The van der Waals surface area contributed by atoms with Crippen LogP contribution in [-0.4, -0.2) is 33.9 Å². The zero-order chi connectivity index (χ0) is 20.9. The third-order valence-electron chi connectivity index (χ3n) is 4.75. The summed E-state index contributed by atoms with van der Waals surface area (Å²) in [6.07, 6.45) is 2.61. The predicted octanol–water partition coefficient (Wildman–Crippen LogP) is 4.42. The van der Waals surface area contributed by atoms with E-state index in [1.807, 2.05) is 55.5 Å². The molecule has 0 atom stereocenters. The molecular formula is C23H23N5O2. The summed E-state index contributed by atoms with van der Waals surface area (Å²) in [5.74, 6) is 0.460. The van der Waals surface area contributed by atoms with E-state index in [-0.39, 0.29) is 5.91 Å². The molecule has 2 heterocycles. The van der Waals surface area contributed by atoms with Crippen LogP contribution in [0.2, 0.25) is 0 Å². The third-order valence-corrected chi connectivity index (χ3v) is 4.75. The van der Waals surface area contributed by atoms with Crippen molar-refractivity contribution in [2.75, 3.05) is 6.61 Å². The number of amides is 1. The molecule has 0 aliphatic rings. The van der Waals surface area contributed by atoms with Crippen LogP contribution in [-0.2, 0) is 0 Å². The molecule has 0 saturated heterocycles. The van der Waals surface area contributed by atoms with E-state index >= 15 is 0 Å². The normalized spacial score (nSPS) is 11.3. The molecule has 4 aromatic rings. The summed E-state index contributed by atoms with van der Waals surface area (Å²) in [5, 5.41) is 12.2. The molecular weight excluding hydrogens is 378 g/mol. The number of hydrazone groups is 1. The van der Waals surface area contributed by atoms with Gasteiger partial charge in [0.25, 0.3) is 5.91 Å². The lowest BCUT2D eigenvalue weighted by Gasteiger charge is -2.04. The van der Waals surface area contributed by atoms with Crippen molar-refractivity contribution in [3.8, 4) is 17.0 Å². The topological polar surface area (TPSA) is 95.2 Å². The van der Waals surface area contributed by atoms with E-state index in [1.165, 1.54) is 0 Å². The highest BCUT2D eigenvalue weighted by atomic mass is 16.5. The minimum absolute atomic E-state index is 0.337. The zero-order valence-electron chi connectivity index (χ0n) is 16.9. The Morgan fingerprint density at radius 3 is 2.80 bits per heavy atom. The van der Waals surface area contributed by atoms with Crippen molar-refractivity contribution in [2.24, 2.45) is 5.10 Å². The Hall–Kier alpha value is -3.87. The van der Waals surface area contributed by atoms with Crippen LogP contribution in [0.5, 0.6) is 5.75 Å². The maximum Gasteiger partial charge on any atom is 0.289 e. The van der Waals surface area contributed by atoms with Gasteiger partial charge in [0.05, 0.1) is 18.5 Å². The number of aromatic amines is 2.